The van der Waals surface area contributed by atoms with Crippen molar-refractivity contribution in [1.29, 1.82) is 0 Å². The van der Waals surface area contributed by atoms with Gasteiger partial charge in [-0.3, -0.25) is 4.79 Å². The molecule has 1 amide bonds. The van der Waals surface area contributed by atoms with Crippen molar-refractivity contribution < 1.29 is 4.79 Å². The Bertz CT molecular complexity index is 472. The Morgan fingerprint density at radius 1 is 1.20 bits per heavy atom. The molecule has 4 heteroatoms. The fraction of sp³-hybridized carbons (Fsp3) is 0.500. The van der Waals surface area contributed by atoms with Gasteiger partial charge in [-0.2, -0.15) is 0 Å². The summed E-state index contributed by atoms with van der Waals surface area (Å²) in [6.45, 7) is 6.22. The van der Waals surface area contributed by atoms with Crippen LogP contribution in [-0.4, -0.2) is 11.0 Å². The molecule has 0 saturated heterocycles. The van der Waals surface area contributed by atoms with Gasteiger partial charge in [0.25, 0.3) is 0 Å². The third kappa shape index (κ3) is 6.15. The van der Waals surface area contributed by atoms with Gasteiger partial charge in [0.1, 0.15) is 0 Å². The van der Waals surface area contributed by atoms with Gasteiger partial charge in [-0.1, -0.05) is 43.9 Å². The lowest BCUT2D eigenvalue weighted by atomic mass is 10.1. The normalized spacial score (nSPS) is 10.2. The highest BCUT2D eigenvalue weighted by molar-refractivity contribution is 7.80. The van der Waals surface area contributed by atoms with Gasteiger partial charge < -0.3 is 10.6 Å². The summed E-state index contributed by atoms with van der Waals surface area (Å²) < 4.78 is 0. The second-order valence-electron chi connectivity index (χ2n) is 5.13. The zero-order valence-electron chi connectivity index (χ0n) is 12.6. The molecule has 0 saturated carbocycles. The molecule has 0 bridgehead atoms. The second kappa shape index (κ2) is 8.69. The van der Waals surface area contributed by atoms with Gasteiger partial charge in [0.05, 0.1) is 0 Å². The quantitative estimate of drug-likeness (QED) is 0.613. The SMILES string of the molecule is CCCCCCC(=O)NC(=S)Nc1ccc(C)cc1C. The van der Waals surface area contributed by atoms with E-state index in [1.807, 2.05) is 26.0 Å². The van der Waals surface area contributed by atoms with Crippen molar-refractivity contribution in [2.75, 3.05) is 5.32 Å². The van der Waals surface area contributed by atoms with Gasteiger partial charge in [-0.15, -0.1) is 0 Å². The number of hydrogen-bond acceptors (Lipinski definition) is 2. The summed E-state index contributed by atoms with van der Waals surface area (Å²) in [7, 11) is 0. The van der Waals surface area contributed by atoms with Crippen LogP contribution in [0.1, 0.15) is 50.2 Å². The van der Waals surface area contributed by atoms with E-state index in [9.17, 15) is 4.79 Å². The molecule has 0 fully saturated rings. The van der Waals surface area contributed by atoms with Crippen LogP contribution in [0.4, 0.5) is 5.69 Å². The molecule has 1 aromatic rings. The number of hydrogen-bond donors (Lipinski definition) is 2. The standard InChI is InChI=1S/C16H24N2OS/c1-4-5-6-7-8-15(19)18-16(20)17-14-10-9-12(2)11-13(14)3/h9-11H,4-8H2,1-3H3,(H2,17,18,19,20). The van der Waals surface area contributed by atoms with Crippen LogP contribution >= 0.6 is 12.2 Å². The van der Waals surface area contributed by atoms with Crippen molar-refractivity contribution >= 4 is 28.9 Å². The van der Waals surface area contributed by atoms with Crippen LogP contribution in [0.25, 0.3) is 0 Å². The average molecular weight is 292 g/mol. The van der Waals surface area contributed by atoms with Crippen LogP contribution in [0.3, 0.4) is 0 Å². The third-order valence-electron chi connectivity index (χ3n) is 3.14. The first-order valence-corrected chi connectivity index (χ1v) is 7.62. The molecule has 0 radical (unpaired) electrons. The van der Waals surface area contributed by atoms with E-state index in [1.165, 1.54) is 18.4 Å². The summed E-state index contributed by atoms with van der Waals surface area (Å²) in [5, 5.41) is 6.17. The Balaban J connectivity index is 2.37. The fourth-order valence-electron chi connectivity index (χ4n) is 2.01. The summed E-state index contributed by atoms with van der Waals surface area (Å²) in [4.78, 5) is 11.7. The van der Waals surface area contributed by atoms with E-state index in [0.29, 0.717) is 11.5 Å². The zero-order valence-corrected chi connectivity index (χ0v) is 13.4. The van der Waals surface area contributed by atoms with E-state index < -0.39 is 0 Å². The summed E-state index contributed by atoms with van der Waals surface area (Å²) in [5.41, 5.74) is 3.26. The molecule has 0 heterocycles. The number of unbranched alkanes of at least 4 members (excludes halogenated alkanes) is 3. The first-order chi connectivity index (χ1) is 9.52. The number of rotatable bonds is 6. The number of benzene rings is 1. The molecular weight excluding hydrogens is 268 g/mol. The van der Waals surface area contributed by atoms with Crippen molar-refractivity contribution in [1.82, 2.24) is 5.32 Å². The van der Waals surface area contributed by atoms with Crippen LogP contribution in [-0.2, 0) is 4.79 Å². The van der Waals surface area contributed by atoms with Gasteiger partial charge in [0, 0.05) is 12.1 Å². The predicted molar refractivity (Wildman–Crippen MR) is 89.0 cm³/mol. The molecular formula is C16H24N2OS. The highest BCUT2D eigenvalue weighted by Gasteiger charge is 2.06. The summed E-state index contributed by atoms with van der Waals surface area (Å²) >= 11 is 5.16. The molecule has 2 N–H and O–H groups in total. The van der Waals surface area contributed by atoms with Crippen LogP contribution < -0.4 is 10.6 Å². The molecule has 20 heavy (non-hydrogen) atoms. The van der Waals surface area contributed by atoms with Gasteiger partial charge in [-0.05, 0) is 44.1 Å². The lowest BCUT2D eigenvalue weighted by molar-refractivity contribution is -0.119. The van der Waals surface area contributed by atoms with E-state index in [2.05, 4.69) is 23.6 Å². The first kappa shape index (κ1) is 16.6. The van der Waals surface area contributed by atoms with E-state index >= 15 is 0 Å². The van der Waals surface area contributed by atoms with Crippen LogP contribution in [0.5, 0.6) is 0 Å². The molecule has 0 aliphatic rings. The predicted octanol–water partition coefficient (Wildman–Crippen LogP) is 4.09. The molecule has 0 spiro atoms. The number of thiocarbonyl (C=S) groups is 1. The Kier molecular flexibility index (Phi) is 7.23. The average Bonchev–Trinajstić information content (AvgIpc) is 2.38. The molecule has 1 rings (SSSR count). The summed E-state index contributed by atoms with van der Waals surface area (Å²) in [5.74, 6) is -0.0108. The van der Waals surface area contributed by atoms with E-state index in [0.717, 1.165) is 24.1 Å². The molecule has 1 aromatic carbocycles. The lowest BCUT2D eigenvalue weighted by Crippen LogP contribution is -2.34. The van der Waals surface area contributed by atoms with Crippen molar-refractivity contribution in [3.05, 3.63) is 29.3 Å². The van der Waals surface area contributed by atoms with E-state index in [-0.39, 0.29) is 5.91 Å². The Morgan fingerprint density at radius 3 is 2.60 bits per heavy atom. The largest absolute Gasteiger partial charge is 0.332 e. The minimum atomic E-state index is -0.0108. The maximum Gasteiger partial charge on any atom is 0.226 e. The van der Waals surface area contributed by atoms with Gasteiger partial charge in [0.2, 0.25) is 5.91 Å². The number of carbonyl (C=O) groups excluding carboxylic acids is 1. The molecule has 0 aromatic heterocycles. The topological polar surface area (TPSA) is 41.1 Å². The monoisotopic (exact) mass is 292 g/mol. The number of aryl methyl sites for hydroxylation is 2. The summed E-state index contributed by atoms with van der Waals surface area (Å²) in [6.07, 6.45) is 4.91. The Hall–Kier alpha value is -1.42. The molecule has 0 aliphatic heterocycles. The first-order valence-electron chi connectivity index (χ1n) is 7.21. The number of amides is 1. The van der Waals surface area contributed by atoms with Crippen molar-refractivity contribution in [3.8, 4) is 0 Å². The van der Waals surface area contributed by atoms with Gasteiger partial charge in [0.15, 0.2) is 5.11 Å². The fourth-order valence-corrected chi connectivity index (χ4v) is 2.23. The molecule has 0 atom stereocenters. The molecule has 0 unspecified atom stereocenters. The summed E-state index contributed by atoms with van der Waals surface area (Å²) in [6, 6.07) is 6.08. The molecule has 0 aliphatic carbocycles. The van der Waals surface area contributed by atoms with Crippen LogP contribution in [0.15, 0.2) is 18.2 Å². The lowest BCUT2D eigenvalue weighted by Gasteiger charge is -2.12. The highest BCUT2D eigenvalue weighted by Crippen LogP contribution is 2.15. The minimum absolute atomic E-state index is 0.0108. The van der Waals surface area contributed by atoms with Crippen molar-refractivity contribution in [2.24, 2.45) is 0 Å². The molecule has 110 valence electrons. The maximum atomic E-state index is 11.7. The van der Waals surface area contributed by atoms with Gasteiger partial charge >= 0.3 is 0 Å². The van der Waals surface area contributed by atoms with Crippen LogP contribution in [0.2, 0.25) is 0 Å². The molecule has 3 nitrogen and oxygen atoms in total. The second-order valence-corrected chi connectivity index (χ2v) is 5.54. The minimum Gasteiger partial charge on any atom is -0.332 e. The Labute approximate surface area is 127 Å². The third-order valence-corrected chi connectivity index (χ3v) is 3.34. The maximum absolute atomic E-state index is 11.7. The van der Waals surface area contributed by atoms with Crippen molar-refractivity contribution in [2.45, 2.75) is 52.9 Å². The number of anilines is 1. The highest BCUT2D eigenvalue weighted by atomic mass is 32.1. The zero-order chi connectivity index (χ0) is 15.0. The number of nitrogens with one attached hydrogen (secondary N) is 2. The smallest absolute Gasteiger partial charge is 0.226 e. The Morgan fingerprint density at radius 2 is 1.95 bits per heavy atom. The van der Waals surface area contributed by atoms with Gasteiger partial charge in [-0.25, -0.2) is 0 Å². The number of carbonyl (C=O) groups is 1. The van der Waals surface area contributed by atoms with E-state index in [4.69, 9.17) is 12.2 Å². The van der Waals surface area contributed by atoms with E-state index in [1.54, 1.807) is 0 Å². The van der Waals surface area contributed by atoms with Crippen LogP contribution in [0, 0.1) is 13.8 Å². The van der Waals surface area contributed by atoms with Crippen molar-refractivity contribution in [3.63, 3.8) is 0 Å².